The predicted octanol–water partition coefficient (Wildman–Crippen LogP) is 4.86. The van der Waals surface area contributed by atoms with Gasteiger partial charge in [-0.15, -0.1) is 0 Å². The highest BCUT2D eigenvalue weighted by Crippen LogP contribution is 2.37. The Balaban J connectivity index is 2.53. The first-order valence-corrected chi connectivity index (χ1v) is 8.25. The largest absolute Gasteiger partial charge is 0.457 e. The Hall–Kier alpha value is -1.84. The first-order chi connectivity index (χ1) is 10.9. The Labute approximate surface area is 144 Å². The maximum atomic E-state index is 10.4. The fourth-order valence-electron chi connectivity index (χ4n) is 2.93. The topological polar surface area (TPSA) is 49.7 Å². The van der Waals surface area contributed by atoms with Crippen molar-refractivity contribution in [1.82, 2.24) is 0 Å². The molecule has 0 fully saturated rings. The third-order valence-corrected chi connectivity index (χ3v) is 4.20. The summed E-state index contributed by atoms with van der Waals surface area (Å²) in [5.41, 5.74) is 2.72. The molecule has 24 heavy (non-hydrogen) atoms. The maximum Gasteiger partial charge on any atom is 0.133 e. The van der Waals surface area contributed by atoms with Gasteiger partial charge < -0.3 is 14.9 Å². The van der Waals surface area contributed by atoms with Gasteiger partial charge in [0.2, 0.25) is 0 Å². The van der Waals surface area contributed by atoms with Gasteiger partial charge in [0.15, 0.2) is 0 Å². The lowest BCUT2D eigenvalue weighted by Gasteiger charge is -2.25. The summed E-state index contributed by atoms with van der Waals surface area (Å²) in [5.74, 6) is 1.31. The van der Waals surface area contributed by atoms with Gasteiger partial charge in [-0.2, -0.15) is 0 Å². The molecule has 3 heteroatoms. The Morgan fingerprint density at radius 2 is 1.29 bits per heavy atom. The highest BCUT2D eigenvalue weighted by molar-refractivity contribution is 5.48. The Morgan fingerprint density at radius 3 is 1.83 bits per heavy atom. The van der Waals surface area contributed by atoms with E-state index in [1.165, 1.54) is 0 Å². The third-order valence-electron chi connectivity index (χ3n) is 4.20. The summed E-state index contributed by atoms with van der Waals surface area (Å²) in [7, 11) is 0. The number of rotatable bonds is 4. The van der Waals surface area contributed by atoms with Crippen LogP contribution in [-0.2, 0) is 11.2 Å². The van der Waals surface area contributed by atoms with Gasteiger partial charge in [-0.3, -0.25) is 0 Å². The zero-order valence-corrected chi connectivity index (χ0v) is 15.7. The van der Waals surface area contributed by atoms with Crippen LogP contribution in [0.4, 0.5) is 0 Å². The molecule has 0 heterocycles. The van der Waals surface area contributed by atoms with E-state index in [1.54, 1.807) is 27.7 Å². The van der Waals surface area contributed by atoms with Crippen LogP contribution >= 0.6 is 0 Å². The summed E-state index contributed by atoms with van der Waals surface area (Å²) in [4.78, 5) is 0. The van der Waals surface area contributed by atoms with E-state index in [0.717, 1.165) is 27.8 Å². The molecular weight excluding hydrogens is 300 g/mol. The third kappa shape index (κ3) is 3.97. The number of benzene rings is 2. The monoisotopic (exact) mass is 328 g/mol. The minimum absolute atomic E-state index is 0.627. The van der Waals surface area contributed by atoms with Crippen LogP contribution in [-0.4, -0.2) is 10.2 Å². The minimum Gasteiger partial charge on any atom is -0.457 e. The van der Waals surface area contributed by atoms with Crippen molar-refractivity contribution in [3.05, 3.63) is 58.1 Å². The van der Waals surface area contributed by atoms with Crippen molar-refractivity contribution in [1.29, 1.82) is 0 Å². The number of ether oxygens (including phenoxy) is 1. The molecule has 0 spiro atoms. The quantitative estimate of drug-likeness (QED) is 0.843. The normalized spacial score (nSPS) is 12.4. The van der Waals surface area contributed by atoms with Gasteiger partial charge >= 0.3 is 0 Å². The standard InChI is InChI=1S/C21H28O3/c1-13-8-9-18(17(10-13)21(6,7)23)24-19-12-16(20(4,5)22)14(2)11-15(19)3/h8-12,22-23H,1-7H3. The van der Waals surface area contributed by atoms with Crippen molar-refractivity contribution in [2.45, 2.75) is 59.7 Å². The first-order valence-electron chi connectivity index (χ1n) is 8.25. The van der Waals surface area contributed by atoms with E-state index in [2.05, 4.69) is 0 Å². The zero-order valence-electron chi connectivity index (χ0n) is 15.7. The smallest absolute Gasteiger partial charge is 0.133 e. The Kier molecular flexibility index (Phi) is 4.80. The van der Waals surface area contributed by atoms with Gasteiger partial charge in [-0.05, 0) is 83.4 Å². The number of hydrogen-bond acceptors (Lipinski definition) is 3. The van der Waals surface area contributed by atoms with Crippen LogP contribution in [0.5, 0.6) is 11.5 Å². The molecule has 2 aromatic rings. The molecule has 0 radical (unpaired) electrons. The molecule has 0 atom stereocenters. The van der Waals surface area contributed by atoms with Crippen molar-refractivity contribution in [2.75, 3.05) is 0 Å². The van der Waals surface area contributed by atoms with Gasteiger partial charge in [-0.25, -0.2) is 0 Å². The molecule has 3 nitrogen and oxygen atoms in total. The van der Waals surface area contributed by atoms with Gasteiger partial charge in [0, 0.05) is 5.56 Å². The fourth-order valence-corrected chi connectivity index (χ4v) is 2.93. The molecule has 0 unspecified atom stereocenters. The van der Waals surface area contributed by atoms with Gasteiger partial charge in [0.25, 0.3) is 0 Å². The van der Waals surface area contributed by atoms with E-state index in [9.17, 15) is 10.2 Å². The molecule has 0 bridgehead atoms. The van der Waals surface area contributed by atoms with Crippen molar-refractivity contribution in [3.8, 4) is 11.5 Å². The average Bonchev–Trinajstić information content (AvgIpc) is 2.41. The first kappa shape index (κ1) is 18.5. The number of hydrogen-bond donors (Lipinski definition) is 2. The van der Waals surface area contributed by atoms with Gasteiger partial charge in [0.1, 0.15) is 11.5 Å². The Morgan fingerprint density at radius 1 is 0.708 bits per heavy atom. The Bertz CT molecular complexity index is 747. The molecule has 0 amide bonds. The zero-order chi connectivity index (χ0) is 18.3. The van der Waals surface area contributed by atoms with E-state index in [-0.39, 0.29) is 0 Å². The van der Waals surface area contributed by atoms with Crippen molar-refractivity contribution >= 4 is 0 Å². The molecule has 2 rings (SSSR count). The van der Waals surface area contributed by atoms with Crippen LogP contribution < -0.4 is 4.74 Å². The number of aryl methyl sites for hydroxylation is 3. The highest BCUT2D eigenvalue weighted by Gasteiger charge is 2.24. The van der Waals surface area contributed by atoms with E-state index in [0.29, 0.717) is 11.5 Å². The van der Waals surface area contributed by atoms with Crippen LogP contribution in [0.25, 0.3) is 0 Å². The van der Waals surface area contributed by atoms with Crippen molar-refractivity contribution < 1.29 is 14.9 Å². The summed E-state index contributed by atoms with van der Waals surface area (Å²) in [5, 5.41) is 20.8. The van der Waals surface area contributed by atoms with E-state index in [1.807, 2.05) is 51.1 Å². The second-order valence-electron chi connectivity index (χ2n) is 7.65. The highest BCUT2D eigenvalue weighted by atomic mass is 16.5. The lowest BCUT2D eigenvalue weighted by atomic mass is 9.92. The molecule has 130 valence electrons. The lowest BCUT2D eigenvalue weighted by Crippen LogP contribution is -2.18. The predicted molar refractivity (Wildman–Crippen MR) is 97.7 cm³/mol. The summed E-state index contributed by atoms with van der Waals surface area (Å²) in [6.45, 7) is 13.0. The molecule has 0 aliphatic rings. The van der Waals surface area contributed by atoms with E-state index < -0.39 is 11.2 Å². The fraction of sp³-hybridized carbons (Fsp3) is 0.429. The van der Waals surface area contributed by atoms with Gasteiger partial charge in [0.05, 0.1) is 11.2 Å². The molecule has 2 aromatic carbocycles. The van der Waals surface area contributed by atoms with Crippen LogP contribution in [0.3, 0.4) is 0 Å². The molecule has 0 saturated heterocycles. The molecule has 2 N–H and O–H groups in total. The molecule has 0 aliphatic carbocycles. The van der Waals surface area contributed by atoms with E-state index in [4.69, 9.17) is 4.74 Å². The van der Waals surface area contributed by atoms with Crippen LogP contribution in [0.15, 0.2) is 30.3 Å². The molecule has 0 saturated carbocycles. The minimum atomic E-state index is -1.00. The summed E-state index contributed by atoms with van der Waals surface area (Å²) < 4.78 is 6.14. The number of aliphatic hydroxyl groups is 2. The van der Waals surface area contributed by atoms with Crippen LogP contribution in [0, 0.1) is 20.8 Å². The van der Waals surface area contributed by atoms with Crippen molar-refractivity contribution in [3.63, 3.8) is 0 Å². The van der Waals surface area contributed by atoms with Crippen LogP contribution in [0.2, 0.25) is 0 Å². The second-order valence-corrected chi connectivity index (χ2v) is 7.65. The summed E-state index contributed by atoms with van der Waals surface area (Å²) >= 11 is 0. The lowest BCUT2D eigenvalue weighted by molar-refractivity contribution is 0.0751. The molecular formula is C21H28O3. The van der Waals surface area contributed by atoms with Gasteiger partial charge in [-0.1, -0.05) is 17.7 Å². The molecule has 0 aromatic heterocycles. The SMILES string of the molecule is Cc1ccc(Oc2cc(C(C)(C)O)c(C)cc2C)c(C(C)(C)O)c1. The van der Waals surface area contributed by atoms with Crippen molar-refractivity contribution in [2.24, 2.45) is 0 Å². The molecule has 0 aliphatic heterocycles. The maximum absolute atomic E-state index is 10.4. The van der Waals surface area contributed by atoms with Crippen LogP contribution in [0.1, 0.15) is 55.5 Å². The summed E-state index contributed by atoms with van der Waals surface area (Å²) in [6, 6.07) is 9.69. The van der Waals surface area contributed by atoms with E-state index >= 15 is 0 Å². The average molecular weight is 328 g/mol. The second kappa shape index (κ2) is 6.23. The summed E-state index contributed by atoms with van der Waals surface area (Å²) in [6.07, 6.45) is 0.